The number of nitrogens with one attached hydrogen (secondary N) is 1. The number of ether oxygens (including phenoxy) is 2. The number of halogens is 3. The van der Waals surface area contributed by atoms with Gasteiger partial charge in [-0.1, -0.05) is 45.2 Å². The van der Waals surface area contributed by atoms with E-state index in [1.807, 2.05) is 6.07 Å². The summed E-state index contributed by atoms with van der Waals surface area (Å²) in [6.07, 6.45) is 1.42. The molecule has 0 atom stereocenters. The maximum absolute atomic E-state index is 12.5. The van der Waals surface area contributed by atoms with Crippen molar-refractivity contribution in [2.45, 2.75) is 0 Å². The van der Waals surface area contributed by atoms with E-state index in [9.17, 15) is 10.1 Å². The third kappa shape index (κ3) is 4.50. The Morgan fingerprint density at radius 3 is 2.31 bits per heavy atom. The predicted molar refractivity (Wildman–Crippen MR) is 106 cm³/mol. The van der Waals surface area contributed by atoms with E-state index in [0.29, 0.717) is 21.5 Å². The molecule has 0 radical (unpaired) electrons. The fourth-order valence-electron chi connectivity index (χ4n) is 2.08. The van der Waals surface area contributed by atoms with Crippen molar-refractivity contribution in [1.82, 2.24) is 0 Å². The largest absolute Gasteiger partial charge is 0.493 e. The summed E-state index contributed by atoms with van der Waals surface area (Å²) in [6.45, 7) is 0. The minimum Gasteiger partial charge on any atom is -0.493 e. The van der Waals surface area contributed by atoms with Crippen molar-refractivity contribution in [3.8, 4) is 17.6 Å². The van der Waals surface area contributed by atoms with Crippen LogP contribution in [-0.2, 0) is 4.79 Å². The lowest BCUT2D eigenvalue weighted by Gasteiger charge is -2.11. The zero-order chi connectivity index (χ0) is 19.3. The Bertz CT molecular complexity index is 903. The van der Waals surface area contributed by atoms with Crippen LogP contribution in [-0.4, -0.2) is 20.1 Å². The fraction of sp³-hybridized carbons (Fsp3) is 0.111. The first-order valence-electron chi connectivity index (χ1n) is 7.20. The van der Waals surface area contributed by atoms with Gasteiger partial charge in [0.1, 0.15) is 11.6 Å². The van der Waals surface area contributed by atoms with Crippen molar-refractivity contribution in [2.75, 3.05) is 19.5 Å². The van der Waals surface area contributed by atoms with Gasteiger partial charge in [0.2, 0.25) is 0 Å². The van der Waals surface area contributed by atoms with Crippen LogP contribution in [0.5, 0.6) is 11.5 Å². The topological polar surface area (TPSA) is 71.3 Å². The SMILES string of the molecule is COc1cc(Br)c(/C=C(\C#N)C(=O)Nc2c(Cl)cccc2Cl)cc1OC. The smallest absolute Gasteiger partial charge is 0.266 e. The Morgan fingerprint density at radius 1 is 1.19 bits per heavy atom. The lowest BCUT2D eigenvalue weighted by Crippen LogP contribution is -2.14. The van der Waals surface area contributed by atoms with Crippen molar-refractivity contribution >= 4 is 56.8 Å². The molecule has 134 valence electrons. The van der Waals surface area contributed by atoms with E-state index in [0.717, 1.165) is 0 Å². The molecule has 0 aliphatic rings. The van der Waals surface area contributed by atoms with Crippen molar-refractivity contribution in [1.29, 1.82) is 5.26 Å². The van der Waals surface area contributed by atoms with Gasteiger partial charge in [0.15, 0.2) is 11.5 Å². The number of hydrogen-bond donors (Lipinski definition) is 1. The van der Waals surface area contributed by atoms with E-state index in [4.69, 9.17) is 32.7 Å². The van der Waals surface area contributed by atoms with Gasteiger partial charge in [0, 0.05) is 4.47 Å². The van der Waals surface area contributed by atoms with E-state index in [1.54, 1.807) is 30.3 Å². The summed E-state index contributed by atoms with van der Waals surface area (Å²) in [5.74, 6) is 0.348. The summed E-state index contributed by atoms with van der Waals surface area (Å²) in [4.78, 5) is 12.5. The Balaban J connectivity index is 2.39. The van der Waals surface area contributed by atoms with Crippen LogP contribution < -0.4 is 14.8 Å². The van der Waals surface area contributed by atoms with E-state index in [-0.39, 0.29) is 21.3 Å². The molecule has 2 aromatic rings. The Kier molecular flexibility index (Phi) is 6.92. The molecule has 8 heteroatoms. The first-order chi connectivity index (χ1) is 12.4. The van der Waals surface area contributed by atoms with E-state index >= 15 is 0 Å². The van der Waals surface area contributed by atoms with Crippen LogP contribution >= 0.6 is 39.1 Å². The molecular weight excluding hydrogens is 443 g/mol. The molecule has 0 spiro atoms. The van der Waals surface area contributed by atoms with Gasteiger partial charge in [-0.25, -0.2) is 0 Å². The number of carbonyl (C=O) groups excluding carboxylic acids is 1. The molecule has 0 aliphatic carbocycles. The Hall–Kier alpha value is -2.20. The van der Waals surface area contributed by atoms with Gasteiger partial charge in [-0.05, 0) is 35.9 Å². The van der Waals surface area contributed by atoms with Gasteiger partial charge in [-0.3, -0.25) is 4.79 Å². The minimum atomic E-state index is -0.635. The molecule has 0 aromatic heterocycles. The molecule has 5 nitrogen and oxygen atoms in total. The molecule has 0 unspecified atom stereocenters. The summed E-state index contributed by atoms with van der Waals surface area (Å²) in [5, 5.41) is 12.5. The zero-order valence-electron chi connectivity index (χ0n) is 13.8. The molecule has 0 fully saturated rings. The highest BCUT2D eigenvalue weighted by Gasteiger charge is 2.15. The fourth-order valence-corrected chi connectivity index (χ4v) is 3.01. The quantitative estimate of drug-likeness (QED) is 0.489. The summed E-state index contributed by atoms with van der Waals surface area (Å²) < 4.78 is 11.1. The minimum absolute atomic E-state index is 0.131. The maximum atomic E-state index is 12.5. The molecule has 1 amide bonds. The molecular formula is C18H13BrCl2N2O3. The maximum Gasteiger partial charge on any atom is 0.266 e. The number of benzene rings is 2. The van der Waals surface area contributed by atoms with Gasteiger partial charge in [0.05, 0.1) is 30.0 Å². The Labute approximate surface area is 169 Å². The summed E-state index contributed by atoms with van der Waals surface area (Å²) in [5.41, 5.74) is 0.682. The summed E-state index contributed by atoms with van der Waals surface area (Å²) >= 11 is 15.5. The average Bonchev–Trinajstić information content (AvgIpc) is 2.63. The van der Waals surface area contributed by atoms with E-state index in [1.165, 1.54) is 20.3 Å². The number of amides is 1. The number of para-hydroxylation sites is 1. The molecule has 2 rings (SSSR count). The van der Waals surface area contributed by atoms with E-state index in [2.05, 4.69) is 21.2 Å². The van der Waals surface area contributed by atoms with Crippen molar-refractivity contribution in [3.63, 3.8) is 0 Å². The second-order valence-corrected chi connectivity index (χ2v) is 6.62. The number of hydrogen-bond acceptors (Lipinski definition) is 4. The zero-order valence-corrected chi connectivity index (χ0v) is 16.9. The van der Waals surface area contributed by atoms with Gasteiger partial charge in [0.25, 0.3) is 5.91 Å². The monoisotopic (exact) mass is 454 g/mol. The molecule has 0 bridgehead atoms. The standard InChI is InChI=1S/C18H13BrCl2N2O3/c1-25-15-7-10(12(19)8-16(15)26-2)6-11(9-22)18(24)23-17-13(20)4-3-5-14(17)21/h3-8H,1-2H3,(H,23,24)/b11-6+. The van der Waals surface area contributed by atoms with Crippen LogP contribution in [0.1, 0.15) is 5.56 Å². The van der Waals surface area contributed by atoms with Crippen molar-refractivity contribution in [3.05, 3.63) is 56.0 Å². The molecule has 0 heterocycles. The van der Waals surface area contributed by atoms with Gasteiger partial charge < -0.3 is 14.8 Å². The van der Waals surface area contributed by atoms with Crippen LogP contribution in [0.15, 0.2) is 40.4 Å². The second kappa shape index (κ2) is 8.95. The van der Waals surface area contributed by atoms with Crippen LogP contribution in [0.3, 0.4) is 0 Å². The van der Waals surface area contributed by atoms with Crippen LogP contribution in [0.4, 0.5) is 5.69 Å². The molecule has 0 saturated heterocycles. The molecule has 0 saturated carbocycles. The number of methoxy groups -OCH3 is 2. The lowest BCUT2D eigenvalue weighted by atomic mass is 10.1. The number of nitriles is 1. The summed E-state index contributed by atoms with van der Waals surface area (Å²) in [7, 11) is 3.01. The first-order valence-corrected chi connectivity index (χ1v) is 8.74. The molecule has 2 aromatic carbocycles. The molecule has 26 heavy (non-hydrogen) atoms. The number of rotatable bonds is 5. The van der Waals surface area contributed by atoms with Crippen molar-refractivity contribution in [2.24, 2.45) is 0 Å². The predicted octanol–water partition coefficient (Wildman–Crippen LogP) is 5.32. The van der Waals surface area contributed by atoms with E-state index < -0.39 is 5.91 Å². The third-order valence-corrected chi connectivity index (χ3v) is 4.69. The summed E-state index contributed by atoms with van der Waals surface area (Å²) in [6, 6.07) is 10.0. The molecule has 0 aliphatic heterocycles. The van der Waals surface area contributed by atoms with Gasteiger partial charge >= 0.3 is 0 Å². The Morgan fingerprint density at radius 2 is 1.77 bits per heavy atom. The van der Waals surface area contributed by atoms with Gasteiger partial charge in [-0.2, -0.15) is 5.26 Å². The number of carbonyl (C=O) groups is 1. The lowest BCUT2D eigenvalue weighted by molar-refractivity contribution is -0.112. The number of nitrogens with zero attached hydrogens (tertiary/aromatic N) is 1. The van der Waals surface area contributed by atoms with Crippen LogP contribution in [0.2, 0.25) is 10.0 Å². The van der Waals surface area contributed by atoms with Crippen LogP contribution in [0.25, 0.3) is 6.08 Å². The van der Waals surface area contributed by atoms with Gasteiger partial charge in [-0.15, -0.1) is 0 Å². The highest BCUT2D eigenvalue weighted by atomic mass is 79.9. The second-order valence-electron chi connectivity index (χ2n) is 4.95. The number of anilines is 1. The molecule has 1 N–H and O–H groups in total. The van der Waals surface area contributed by atoms with Crippen LogP contribution in [0, 0.1) is 11.3 Å². The highest BCUT2D eigenvalue weighted by molar-refractivity contribution is 9.10. The average molecular weight is 456 g/mol. The highest BCUT2D eigenvalue weighted by Crippen LogP contribution is 2.35. The third-order valence-electron chi connectivity index (χ3n) is 3.37. The van der Waals surface area contributed by atoms with Crippen molar-refractivity contribution < 1.29 is 14.3 Å². The normalized spacial score (nSPS) is 10.8. The first kappa shape index (κ1) is 20.1.